The maximum absolute atomic E-state index is 14.1. The number of fused-ring (bicyclic) bond motifs is 4. The van der Waals surface area contributed by atoms with Gasteiger partial charge < -0.3 is 4.42 Å². The molecule has 174 valence electrons. The molecule has 5 aromatic rings. The van der Waals surface area contributed by atoms with Crippen molar-refractivity contribution >= 4 is 46.1 Å². The molecule has 0 spiro atoms. The number of furan rings is 1. The van der Waals surface area contributed by atoms with E-state index in [9.17, 15) is 4.39 Å². The summed E-state index contributed by atoms with van der Waals surface area (Å²) in [7, 11) is 0.254. The standard InChI is InChI=1S/C30H33FNOSi/c1-17(2)23-16-27(32(5)26-12-10-21(15-24(23)26)34(6,7)8)29-19(4)18(3)13-25-22-11-9-20(31)14-28(22)33-30(25)29/h9-17H,1-8H3/q+1/i1D3,17D. The highest BCUT2D eigenvalue weighted by atomic mass is 28.3. The fraction of sp³-hybridized carbons (Fsp3) is 0.300. The molecule has 1 unspecified atom stereocenters. The average Bonchev–Trinajstić information content (AvgIpc) is 3.15. The number of halogens is 1. The number of pyridine rings is 1. The van der Waals surface area contributed by atoms with Crippen LogP contribution >= 0.6 is 0 Å². The number of hydrogen-bond donors (Lipinski definition) is 0. The highest BCUT2D eigenvalue weighted by molar-refractivity contribution is 6.88. The molecule has 0 aliphatic rings. The van der Waals surface area contributed by atoms with Crippen LogP contribution in [0.15, 0.2) is 52.9 Å². The molecular formula is C30H33FNOSi+. The summed E-state index contributed by atoms with van der Waals surface area (Å²) >= 11 is 0. The van der Waals surface area contributed by atoms with Crippen LogP contribution in [-0.2, 0) is 7.05 Å². The third-order valence-corrected chi connectivity index (χ3v) is 9.10. The molecule has 0 N–H and O–H groups in total. The van der Waals surface area contributed by atoms with Crippen LogP contribution in [0.1, 0.15) is 41.8 Å². The van der Waals surface area contributed by atoms with Gasteiger partial charge in [0.05, 0.1) is 13.6 Å². The van der Waals surface area contributed by atoms with Crippen molar-refractivity contribution in [2.24, 2.45) is 7.05 Å². The molecule has 0 fully saturated rings. The van der Waals surface area contributed by atoms with Gasteiger partial charge >= 0.3 is 0 Å². The lowest BCUT2D eigenvalue weighted by atomic mass is 9.92. The van der Waals surface area contributed by atoms with Gasteiger partial charge in [-0.3, -0.25) is 0 Å². The van der Waals surface area contributed by atoms with Gasteiger partial charge in [0.2, 0.25) is 11.2 Å². The van der Waals surface area contributed by atoms with E-state index in [4.69, 9.17) is 9.90 Å². The Labute approximate surface area is 207 Å². The van der Waals surface area contributed by atoms with Gasteiger partial charge in [0.1, 0.15) is 24.0 Å². The van der Waals surface area contributed by atoms with Crippen LogP contribution in [0, 0.1) is 19.7 Å². The van der Waals surface area contributed by atoms with E-state index in [0.717, 1.165) is 44.1 Å². The minimum Gasteiger partial charge on any atom is -0.455 e. The number of nitrogens with zero attached hydrogens (tertiary/aromatic N) is 1. The Kier molecular flexibility index (Phi) is 4.20. The first kappa shape index (κ1) is 18.4. The Morgan fingerprint density at radius 1 is 1.00 bits per heavy atom. The maximum Gasteiger partial charge on any atom is 0.217 e. The van der Waals surface area contributed by atoms with E-state index in [1.165, 1.54) is 24.2 Å². The number of aryl methyl sites for hydroxylation is 2. The van der Waals surface area contributed by atoms with Crippen LogP contribution in [0.2, 0.25) is 19.6 Å². The molecule has 0 saturated heterocycles. The van der Waals surface area contributed by atoms with E-state index in [0.29, 0.717) is 16.7 Å². The molecule has 0 amide bonds. The van der Waals surface area contributed by atoms with Gasteiger partial charge in [0, 0.05) is 39.8 Å². The van der Waals surface area contributed by atoms with Crippen molar-refractivity contribution in [2.75, 3.05) is 0 Å². The number of benzene rings is 3. The number of aromatic nitrogens is 1. The molecule has 0 bridgehead atoms. The Morgan fingerprint density at radius 2 is 1.76 bits per heavy atom. The smallest absolute Gasteiger partial charge is 0.217 e. The van der Waals surface area contributed by atoms with Gasteiger partial charge in [0.15, 0.2) is 0 Å². The van der Waals surface area contributed by atoms with E-state index in [-0.39, 0.29) is 5.82 Å². The molecule has 3 aromatic carbocycles. The fourth-order valence-corrected chi connectivity index (χ4v) is 6.08. The lowest BCUT2D eigenvalue weighted by Crippen LogP contribution is -2.39. The second-order valence-corrected chi connectivity index (χ2v) is 15.5. The molecule has 1 atom stereocenters. The van der Waals surface area contributed by atoms with Crippen molar-refractivity contribution in [1.29, 1.82) is 0 Å². The van der Waals surface area contributed by atoms with Crippen LogP contribution in [-0.4, -0.2) is 8.07 Å². The van der Waals surface area contributed by atoms with Crippen LogP contribution in [0.5, 0.6) is 0 Å². The zero-order valence-corrected chi connectivity index (χ0v) is 21.9. The van der Waals surface area contributed by atoms with Crippen LogP contribution in [0.4, 0.5) is 4.39 Å². The Balaban J connectivity index is 1.96. The molecule has 0 saturated carbocycles. The van der Waals surface area contributed by atoms with Crippen LogP contribution < -0.4 is 9.75 Å². The summed E-state index contributed by atoms with van der Waals surface area (Å²) in [6.45, 7) is 9.73. The normalized spacial score (nSPS) is 16.4. The van der Waals surface area contributed by atoms with E-state index in [1.54, 1.807) is 6.07 Å². The molecule has 2 heterocycles. The summed E-state index contributed by atoms with van der Waals surface area (Å²) in [5, 5.41) is 3.67. The summed E-state index contributed by atoms with van der Waals surface area (Å²) in [4.78, 5) is 0. The van der Waals surface area contributed by atoms with E-state index >= 15 is 0 Å². The van der Waals surface area contributed by atoms with E-state index in [2.05, 4.69) is 42.4 Å². The quantitative estimate of drug-likeness (QED) is 0.194. The molecule has 0 aliphatic heterocycles. The molecule has 2 aromatic heterocycles. The molecule has 0 radical (unpaired) electrons. The molecule has 5 rings (SSSR count). The third-order valence-electron chi connectivity index (χ3n) is 7.06. The lowest BCUT2D eigenvalue weighted by Gasteiger charge is -2.19. The summed E-state index contributed by atoms with van der Waals surface area (Å²) in [6, 6.07) is 14.7. The van der Waals surface area contributed by atoms with Crippen molar-refractivity contribution in [3.63, 3.8) is 0 Å². The average molecular weight is 475 g/mol. The Morgan fingerprint density at radius 3 is 2.47 bits per heavy atom. The van der Waals surface area contributed by atoms with Crippen LogP contribution in [0.25, 0.3) is 44.1 Å². The van der Waals surface area contributed by atoms with Gasteiger partial charge in [0.25, 0.3) is 0 Å². The maximum atomic E-state index is 14.1. The Hall–Kier alpha value is -2.98. The second-order valence-electron chi connectivity index (χ2n) is 10.4. The second kappa shape index (κ2) is 7.77. The first-order chi connectivity index (χ1) is 17.5. The predicted molar refractivity (Wildman–Crippen MR) is 144 cm³/mol. The molecule has 34 heavy (non-hydrogen) atoms. The Bertz CT molecular complexity index is 1760. The zero-order valence-electron chi connectivity index (χ0n) is 24.9. The first-order valence-electron chi connectivity index (χ1n) is 13.6. The third kappa shape index (κ3) is 3.47. The zero-order chi connectivity index (χ0) is 27.9. The van der Waals surface area contributed by atoms with Crippen molar-refractivity contribution in [3.8, 4) is 11.3 Å². The molecule has 2 nitrogen and oxygen atoms in total. The minimum atomic E-state index is -2.54. The van der Waals surface area contributed by atoms with Crippen molar-refractivity contribution < 1.29 is 18.9 Å². The van der Waals surface area contributed by atoms with Crippen molar-refractivity contribution in [3.05, 3.63) is 71.0 Å². The van der Waals surface area contributed by atoms with Gasteiger partial charge in [-0.05, 0) is 60.7 Å². The number of hydrogen-bond acceptors (Lipinski definition) is 1. The highest BCUT2D eigenvalue weighted by Gasteiger charge is 2.27. The summed E-state index contributed by atoms with van der Waals surface area (Å²) < 4.78 is 56.2. The SMILES string of the molecule is [2H]C([2H])([2H])C([2H])(C)c1cc(-c2c(C)c(C)cc3c2oc2cc(F)ccc23)[n+](C)c2ccc([Si](C)(C)C)cc12. The topological polar surface area (TPSA) is 17.0 Å². The molecule has 0 aliphatic carbocycles. The van der Waals surface area contributed by atoms with Gasteiger partial charge in [-0.2, -0.15) is 4.57 Å². The monoisotopic (exact) mass is 474 g/mol. The first-order valence-corrected chi connectivity index (χ1v) is 15.1. The summed E-state index contributed by atoms with van der Waals surface area (Å²) in [6.07, 6.45) is 0. The van der Waals surface area contributed by atoms with Crippen molar-refractivity contribution in [1.82, 2.24) is 0 Å². The summed E-state index contributed by atoms with van der Waals surface area (Å²) in [5.74, 6) is -2.22. The molecule has 4 heteroatoms. The fourth-order valence-electron chi connectivity index (χ4n) is 4.92. The summed E-state index contributed by atoms with van der Waals surface area (Å²) in [5.41, 5.74) is 5.98. The highest BCUT2D eigenvalue weighted by Crippen LogP contribution is 2.40. The predicted octanol–water partition coefficient (Wildman–Crippen LogP) is 7.66. The molecular weight excluding hydrogens is 437 g/mol. The lowest BCUT2D eigenvalue weighted by molar-refractivity contribution is -0.633. The van der Waals surface area contributed by atoms with E-state index in [1.807, 2.05) is 33.0 Å². The largest absolute Gasteiger partial charge is 0.455 e. The van der Waals surface area contributed by atoms with Gasteiger partial charge in [-0.25, -0.2) is 4.39 Å². The number of rotatable bonds is 3. The minimum absolute atomic E-state index is 0.369. The van der Waals surface area contributed by atoms with Crippen LogP contribution in [0.3, 0.4) is 0 Å². The van der Waals surface area contributed by atoms with Crippen molar-refractivity contribution in [2.45, 2.75) is 53.2 Å². The van der Waals surface area contributed by atoms with Gasteiger partial charge in [-0.15, -0.1) is 0 Å². The van der Waals surface area contributed by atoms with E-state index < -0.39 is 20.8 Å². The van der Waals surface area contributed by atoms with Gasteiger partial charge in [-0.1, -0.05) is 44.7 Å².